The fraction of sp³-hybridized carbons (Fsp3) is 0.480. The number of amides is 1. The number of morpholine rings is 1. The van der Waals surface area contributed by atoms with E-state index in [9.17, 15) is 4.79 Å². The number of nitrogens with two attached hydrogens (primary N) is 1. The number of nitrogens with one attached hydrogen (secondary N) is 1. The molecule has 0 unspecified atom stereocenters. The first-order valence-corrected chi connectivity index (χ1v) is 11.4. The topological polar surface area (TPSA) is 106 Å². The molecule has 0 aliphatic carbocycles. The van der Waals surface area contributed by atoms with Gasteiger partial charge in [-0.25, -0.2) is 14.8 Å². The highest BCUT2D eigenvalue weighted by Gasteiger charge is 2.37. The minimum Gasteiger partial charge on any atom is -0.444 e. The number of anilines is 1. The van der Waals surface area contributed by atoms with Crippen LogP contribution in [0.1, 0.15) is 55.7 Å². The van der Waals surface area contributed by atoms with Crippen LogP contribution in [-0.4, -0.2) is 50.8 Å². The predicted molar refractivity (Wildman–Crippen MR) is 128 cm³/mol. The molecular formula is C25H33N5O3. The van der Waals surface area contributed by atoms with Crippen molar-refractivity contribution in [2.75, 3.05) is 18.9 Å². The van der Waals surface area contributed by atoms with Gasteiger partial charge in [0.05, 0.1) is 30.3 Å². The van der Waals surface area contributed by atoms with E-state index in [4.69, 9.17) is 20.2 Å². The summed E-state index contributed by atoms with van der Waals surface area (Å²) in [6.45, 7) is 10.5. The number of hydrogen-bond donors (Lipinski definition) is 2. The van der Waals surface area contributed by atoms with E-state index in [1.54, 1.807) is 11.1 Å². The number of carbonyl (C=O) groups excluding carboxylic acids is 1. The summed E-state index contributed by atoms with van der Waals surface area (Å²) in [6, 6.07) is 7.64. The predicted octanol–water partition coefficient (Wildman–Crippen LogP) is 4.47. The highest BCUT2D eigenvalue weighted by atomic mass is 16.6. The van der Waals surface area contributed by atoms with Crippen molar-refractivity contribution in [3.05, 3.63) is 53.0 Å². The highest BCUT2D eigenvalue weighted by Crippen LogP contribution is 2.30. The molecule has 0 radical (unpaired) electrons. The number of aromatic nitrogens is 3. The third-order valence-electron chi connectivity index (χ3n) is 5.99. The molecule has 1 aromatic carbocycles. The summed E-state index contributed by atoms with van der Waals surface area (Å²) in [7, 11) is 0. The Hall–Kier alpha value is -3.13. The lowest BCUT2D eigenvalue weighted by Gasteiger charge is -2.39. The Bertz CT molecular complexity index is 1110. The maximum absolute atomic E-state index is 13.2. The number of pyridine rings is 1. The van der Waals surface area contributed by atoms with Crippen molar-refractivity contribution in [3.63, 3.8) is 0 Å². The van der Waals surface area contributed by atoms with Gasteiger partial charge in [0.15, 0.2) is 0 Å². The lowest BCUT2D eigenvalue weighted by atomic mass is 10.0. The minimum absolute atomic E-state index is 0.137. The van der Waals surface area contributed by atoms with Gasteiger partial charge in [0.1, 0.15) is 23.3 Å². The second-order valence-electron chi connectivity index (χ2n) is 9.77. The monoisotopic (exact) mass is 451 g/mol. The molecule has 2 aromatic heterocycles. The first-order chi connectivity index (χ1) is 15.6. The van der Waals surface area contributed by atoms with Crippen LogP contribution in [-0.2, 0) is 15.9 Å². The number of fused-ring (bicyclic) bond motifs is 1. The number of rotatable bonds is 4. The van der Waals surface area contributed by atoms with Crippen molar-refractivity contribution >= 4 is 22.9 Å². The van der Waals surface area contributed by atoms with Gasteiger partial charge in [-0.15, -0.1) is 0 Å². The molecule has 8 nitrogen and oxygen atoms in total. The van der Waals surface area contributed by atoms with E-state index in [0.717, 1.165) is 29.4 Å². The van der Waals surface area contributed by atoms with Gasteiger partial charge in [0.25, 0.3) is 0 Å². The normalized spacial score (nSPS) is 19.1. The van der Waals surface area contributed by atoms with Gasteiger partial charge in [0.2, 0.25) is 0 Å². The zero-order chi connectivity index (χ0) is 23.8. The van der Waals surface area contributed by atoms with E-state index in [1.165, 1.54) is 11.1 Å². The molecular weight excluding hydrogens is 418 g/mol. The Labute approximate surface area is 194 Å². The summed E-state index contributed by atoms with van der Waals surface area (Å²) < 4.78 is 11.9. The molecule has 0 saturated carbocycles. The van der Waals surface area contributed by atoms with Crippen molar-refractivity contribution in [2.45, 2.75) is 65.2 Å². The Kier molecular flexibility index (Phi) is 6.30. The molecule has 176 valence electrons. The summed E-state index contributed by atoms with van der Waals surface area (Å²) >= 11 is 0. The number of nitrogens with zero attached hydrogens (tertiary/aromatic N) is 3. The van der Waals surface area contributed by atoms with E-state index < -0.39 is 5.60 Å². The fourth-order valence-corrected chi connectivity index (χ4v) is 4.07. The smallest absolute Gasteiger partial charge is 0.411 e. The molecule has 4 rings (SSSR count). The molecule has 1 amide bonds. The van der Waals surface area contributed by atoms with Crippen LogP contribution in [0, 0.1) is 13.8 Å². The third-order valence-corrected chi connectivity index (χ3v) is 5.99. The molecule has 33 heavy (non-hydrogen) atoms. The van der Waals surface area contributed by atoms with Gasteiger partial charge in [-0.3, -0.25) is 4.90 Å². The van der Waals surface area contributed by atoms with Crippen molar-refractivity contribution in [1.82, 2.24) is 19.9 Å². The second-order valence-corrected chi connectivity index (χ2v) is 9.77. The molecule has 1 aliphatic heterocycles. The van der Waals surface area contributed by atoms with Crippen LogP contribution in [0.3, 0.4) is 0 Å². The number of imidazole rings is 1. The van der Waals surface area contributed by atoms with Crippen LogP contribution in [0.25, 0.3) is 11.0 Å². The number of ether oxygens (including phenoxy) is 2. The van der Waals surface area contributed by atoms with Crippen molar-refractivity contribution in [1.29, 1.82) is 0 Å². The zero-order valence-corrected chi connectivity index (χ0v) is 20.0. The van der Waals surface area contributed by atoms with E-state index in [-0.39, 0.29) is 18.2 Å². The molecule has 2 atom stereocenters. The number of aromatic amines is 1. The summed E-state index contributed by atoms with van der Waals surface area (Å²) in [5.41, 5.74) is 10.6. The Morgan fingerprint density at radius 1 is 1.30 bits per heavy atom. The third kappa shape index (κ3) is 5.27. The van der Waals surface area contributed by atoms with Gasteiger partial charge in [-0.05, 0) is 82.3 Å². The fourth-order valence-electron chi connectivity index (χ4n) is 4.07. The number of H-pyrrole nitrogens is 1. The van der Waals surface area contributed by atoms with Crippen molar-refractivity contribution < 1.29 is 14.3 Å². The maximum atomic E-state index is 13.2. The van der Waals surface area contributed by atoms with Gasteiger partial charge in [-0.2, -0.15) is 0 Å². The van der Waals surface area contributed by atoms with E-state index in [2.05, 4.69) is 35.9 Å². The molecule has 3 N–H and O–H groups in total. The van der Waals surface area contributed by atoms with Crippen LogP contribution in [0.4, 0.5) is 10.6 Å². The lowest BCUT2D eigenvalue weighted by molar-refractivity contribution is -0.0746. The summed E-state index contributed by atoms with van der Waals surface area (Å²) in [6.07, 6.45) is 2.62. The number of aryl methyl sites for hydroxylation is 3. The van der Waals surface area contributed by atoms with Crippen LogP contribution >= 0.6 is 0 Å². The zero-order valence-electron chi connectivity index (χ0n) is 20.0. The van der Waals surface area contributed by atoms with Gasteiger partial charge in [-0.1, -0.05) is 6.07 Å². The van der Waals surface area contributed by atoms with Gasteiger partial charge >= 0.3 is 6.09 Å². The Morgan fingerprint density at radius 2 is 2.06 bits per heavy atom. The second kappa shape index (κ2) is 9.02. The van der Waals surface area contributed by atoms with Crippen LogP contribution in [0.2, 0.25) is 0 Å². The van der Waals surface area contributed by atoms with Crippen LogP contribution in [0.15, 0.2) is 30.5 Å². The quantitative estimate of drug-likeness (QED) is 0.606. The Balaban J connectivity index is 1.56. The molecule has 8 heteroatoms. The van der Waals surface area contributed by atoms with Crippen LogP contribution < -0.4 is 5.73 Å². The molecule has 1 saturated heterocycles. The average molecular weight is 452 g/mol. The molecule has 3 aromatic rings. The number of nitrogen functional groups attached to an aromatic ring is 1. The van der Waals surface area contributed by atoms with E-state index >= 15 is 0 Å². The van der Waals surface area contributed by atoms with E-state index in [1.807, 2.05) is 32.9 Å². The van der Waals surface area contributed by atoms with Gasteiger partial charge < -0.3 is 20.2 Å². The lowest BCUT2D eigenvalue weighted by Crippen LogP contribution is -2.49. The van der Waals surface area contributed by atoms with E-state index in [0.29, 0.717) is 24.8 Å². The summed E-state index contributed by atoms with van der Waals surface area (Å²) in [5.74, 6) is 1.24. The first kappa shape index (κ1) is 23.0. The van der Waals surface area contributed by atoms with Crippen molar-refractivity contribution in [2.24, 2.45) is 0 Å². The molecule has 1 aliphatic rings. The van der Waals surface area contributed by atoms with Crippen molar-refractivity contribution in [3.8, 4) is 0 Å². The minimum atomic E-state index is -0.596. The number of benzene rings is 1. The number of carbonyl (C=O) groups is 1. The SMILES string of the molecule is Cc1cc2nc([C@@H]3CO[C@H](CCc4cccnc4N)CN3C(=O)OC(C)(C)C)[nH]c2cc1C. The average Bonchev–Trinajstić information content (AvgIpc) is 3.14. The standard InChI is InChI=1S/C25H33N5O3/c1-15-11-19-20(12-16(15)2)29-23(28-19)21-14-32-18(9-8-17-7-6-10-27-22(17)26)13-30(21)24(31)33-25(3,4)5/h6-7,10-12,18,21H,8-9,13-14H2,1-5H3,(H2,26,27)(H,28,29)/t18-,21+/m1/s1. The summed E-state index contributed by atoms with van der Waals surface area (Å²) in [4.78, 5) is 27.2. The van der Waals surface area contributed by atoms with Crippen LogP contribution in [0.5, 0.6) is 0 Å². The molecule has 0 bridgehead atoms. The largest absolute Gasteiger partial charge is 0.444 e. The maximum Gasteiger partial charge on any atom is 0.411 e. The van der Waals surface area contributed by atoms with Gasteiger partial charge in [0, 0.05) is 6.20 Å². The highest BCUT2D eigenvalue weighted by molar-refractivity contribution is 5.77. The number of hydrogen-bond acceptors (Lipinski definition) is 6. The first-order valence-electron chi connectivity index (χ1n) is 11.4. The molecule has 0 spiro atoms. The molecule has 3 heterocycles. The Morgan fingerprint density at radius 3 is 2.79 bits per heavy atom. The molecule has 1 fully saturated rings. The summed E-state index contributed by atoms with van der Waals surface area (Å²) in [5, 5.41) is 0.